The van der Waals surface area contributed by atoms with Crippen LogP contribution in [0.2, 0.25) is 0 Å². The van der Waals surface area contributed by atoms with Gasteiger partial charge in [0.15, 0.2) is 0 Å². The Kier molecular flexibility index (Phi) is 11.2. The van der Waals surface area contributed by atoms with Crippen molar-refractivity contribution in [3.8, 4) is 44.0 Å². The van der Waals surface area contributed by atoms with Crippen molar-refractivity contribution in [1.82, 2.24) is 4.98 Å². The molecular weight excluding hydrogens is 977 g/mol. The minimum atomic E-state index is -0.505. The van der Waals surface area contributed by atoms with E-state index in [1.165, 1.54) is 78.1 Å². The number of aliphatic hydroxyl groups excluding tert-OH is 2. The van der Waals surface area contributed by atoms with Crippen molar-refractivity contribution in [1.29, 1.82) is 0 Å². The summed E-state index contributed by atoms with van der Waals surface area (Å²) in [4.78, 5) is 19.2. The Bertz CT molecular complexity index is 3080. The van der Waals surface area contributed by atoms with Crippen LogP contribution in [0.5, 0.6) is 0 Å². The molecule has 0 bridgehead atoms. The number of rotatable bonds is 5. The van der Waals surface area contributed by atoms with Crippen LogP contribution >= 0.6 is 11.3 Å². The van der Waals surface area contributed by atoms with Gasteiger partial charge in [-0.15, -0.1) is 12.1 Å². The van der Waals surface area contributed by atoms with Crippen LogP contribution in [0, 0.1) is 19.9 Å². The van der Waals surface area contributed by atoms with Gasteiger partial charge in [-0.3, -0.25) is 9.78 Å². The van der Waals surface area contributed by atoms with Gasteiger partial charge in [0.2, 0.25) is 0 Å². The fourth-order valence-electron chi connectivity index (χ4n) is 10.6. The fraction of sp³-hybridized carbons (Fsp3) is 0.273. The molecule has 8 aromatic rings. The molecule has 1 radical (unpaired) electrons. The average molecular weight is 1030 g/mol. The monoisotopic (exact) mass is 1030 g/mol. The number of fused-ring (bicyclic) bond motifs is 10. The second-order valence-corrected chi connectivity index (χ2v) is 19.0. The van der Waals surface area contributed by atoms with E-state index in [0.717, 1.165) is 34.4 Å². The zero-order valence-electron chi connectivity index (χ0n) is 36.5. The Hall–Kier alpha value is -5.21. The van der Waals surface area contributed by atoms with E-state index in [0.29, 0.717) is 35.4 Å². The van der Waals surface area contributed by atoms with Crippen molar-refractivity contribution in [2.24, 2.45) is 0 Å². The molecule has 6 aromatic carbocycles. The SMILES string of the molecule is CCN(CC)c1ccc2[c-]c(-c3nc4ccccc4s3)c(=O)oc2c1.Cc1ccc2c(c1)C(C)(C)c1cc(-c3ccc4c(c3)C3(CC(O)CC(O)C3)c3cc(C)ccc3-4)ccc1-2.[Ir]. The summed E-state index contributed by atoms with van der Waals surface area (Å²) in [7, 11) is 0. The van der Waals surface area contributed by atoms with Crippen LogP contribution < -0.4 is 10.5 Å². The Labute approximate surface area is 386 Å². The van der Waals surface area contributed by atoms with Gasteiger partial charge in [-0.1, -0.05) is 109 Å². The van der Waals surface area contributed by atoms with E-state index in [4.69, 9.17) is 4.42 Å². The summed E-state index contributed by atoms with van der Waals surface area (Å²) in [5.74, 6) is 0. The molecule has 1 spiro atoms. The number of aromatic nitrogens is 1. The van der Waals surface area contributed by atoms with Crippen molar-refractivity contribution in [2.75, 3.05) is 18.0 Å². The van der Waals surface area contributed by atoms with Gasteiger partial charge in [0.1, 0.15) is 0 Å². The van der Waals surface area contributed by atoms with Crippen molar-refractivity contribution >= 4 is 38.2 Å². The summed E-state index contributed by atoms with van der Waals surface area (Å²) >= 11 is 1.48. The summed E-state index contributed by atoms with van der Waals surface area (Å²) in [6.07, 6.45) is 0.757. The van der Waals surface area contributed by atoms with Crippen LogP contribution in [-0.4, -0.2) is 40.5 Å². The van der Waals surface area contributed by atoms with E-state index in [2.05, 4.69) is 130 Å². The van der Waals surface area contributed by atoms with E-state index in [-0.39, 0.29) is 30.9 Å². The third-order valence-electron chi connectivity index (χ3n) is 13.7. The first-order valence-electron chi connectivity index (χ1n) is 21.9. The minimum absolute atomic E-state index is 0. The zero-order valence-corrected chi connectivity index (χ0v) is 39.7. The molecule has 11 rings (SSSR count). The van der Waals surface area contributed by atoms with Crippen LogP contribution in [0.3, 0.4) is 0 Å². The molecule has 6 nitrogen and oxygen atoms in total. The molecule has 3 aliphatic rings. The second kappa shape index (κ2) is 16.4. The number of aryl methyl sites for hydroxylation is 2. The second-order valence-electron chi connectivity index (χ2n) is 18.0. The van der Waals surface area contributed by atoms with Gasteiger partial charge >= 0.3 is 0 Å². The van der Waals surface area contributed by atoms with Crippen LogP contribution in [0.4, 0.5) is 5.69 Å². The molecule has 8 heteroatoms. The number of aliphatic hydroxyl groups is 2. The predicted molar refractivity (Wildman–Crippen MR) is 254 cm³/mol. The van der Waals surface area contributed by atoms with Crippen molar-refractivity contribution in [3.05, 3.63) is 165 Å². The number of nitrogens with zero attached hydrogens (tertiary/aromatic N) is 2. The summed E-state index contributed by atoms with van der Waals surface area (Å²) in [5, 5.41) is 23.1. The molecule has 63 heavy (non-hydrogen) atoms. The van der Waals surface area contributed by atoms with Gasteiger partial charge in [0.05, 0.1) is 28.3 Å². The Balaban J connectivity index is 0.000000170. The molecule has 1 fully saturated rings. The molecule has 2 atom stereocenters. The number of thiazole rings is 1. The van der Waals surface area contributed by atoms with Crippen LogP contribution in [0.1, 0.15) is 80.3 Å². The molecule has 1 saturated carbocycles. The Morgan fingerprint density at radius 2 is 1.29 bits per heavy atom. The van der Waals surface area contributed by atoms with Crippen molar-refractivity contribution in [2.45, 2.75) is 83.8 Å². The third-order valence-corrected chi connectivity index (χ3v) is 14.7. The smallest absolute Gasteiger partial charge is 0.269 e. The van der Waals surface area contributed by atoms with E-state index in [9.17, 15) is 15.0 Å². The molecule has 0 saturated heterocycles. The molecule has 0 amide bonds. The van der Waals surface area contributed by atoms with Crippen LogP contribution in [0.15, 0.2) is 124 Å². The molecule has 2 heterocycles. The number of benzene rings is 6. The summed E-state index contributed by atoms with van der Waals surface area (Å²) in [6, 6.07) is 44.2. The third kappa shape index (κ3) is 7.30. The zero-order chi connectivity index (χ0) is 43.1. The van der Waals surface area contributed by atoms with Gasteiger partial charge in [-0.05, 0) is 138 Å². The molecule has 3 aliphatic carbocycles. The maximum absolute atomic E-state index is 12.5. The van der Waals surface area contributed by atoms with E-state index in [1.807, 2.05) is 42.5 Å². The molecular formula is C55H51IrN2O4S-. The molecule has 2 N–H and O–H groups in total. The molecule has 0 aliphatic heterocycles. The van der Waals surface area contributed by atoms with Crippen LogP contribution in [-0.2, 0) is 30.9 Å². The average Bonchev–Trinajstić information content (AvgIpc) is 3.87. The Morgan fingerprint density at radius 3 is 1.92 bits per heavy atom. The molecule has 321 valence electrons. The topological polar surface area (TPSA) is 86.8 Å². The van der Waals surface area contributed by atoms with Gasteiger partial charge in [0.25, 0.3) is 5.63 Å². The fourth-order valence-corrected chi connectivity index (χ4v) is 11.5. The molecule has 2 unspecified atom stereocenters. The molecule has 2 aromatic heterocycles. The summed E-state index contributed by atoms with van der Waals surface area (Å²) < 4.78 is 6.62. The first-order valence-corrected chi connectivity index (χ1v) is 22.7. The number of hydrogen-bond donors (Lipinski definition) is 2. The van der Waals surface area contributed by atoms with E-state index in [1.54, 1.807) is 0 Å². The summed E-state index contributed by atoms with van der Waals surface area (Å²) in [6.45, 7) is 15.0. The number of anilines is 1. The quantitative estimate of drug-likeness (QED) is 0.132. The first kappa shape index (κ1) is 43.1. The largest absolute Gasteiger partial charge is 0.496 e. The number of hydrogen-bond acceptors (Lipinski definition) is 7. The maximum Gasteiger partial charge on any atom is 0.269 e. The standard InChI is InChI=1S/C35H34O2.C20H17N2O2S.Ir/c1-20-5-9-26-27-11-7-22(15-31(27)34(3,4)30(26)13-20)23-8-12-29-28-10-6-21(2)14-32(28)35(33(29)16-23)18-24(36)17-25(37)19-35;1-3-22(4-2)14-10-9-13-11-15(20(23)24-17(13)12-14)19-21-16-7-5-6-8-18(16)25-19;/h5-16,24-25,36-37H,17-19H2,1-4H3;5-10,12H,3-4H2,1-2H3;/q;-1;. The maximum atomic E-state index is 12.5. The van der Waals surface area contributed by atoms with Crippen molar-refractivity contribution < 1.29 is 34.7 Å². The van der Waals surface area contributed by atoms with Gasteiger partial charge in [-0.2, -0.15) is 11.3 Å². The first-order chi connectivity index (χ1) is 29.9. The van der Waals surface area contributed by atoms with Crippen molar-refractivity contribution in [3.63, 3.8) is 0 Å². The van der Waals surface area contributed by atoms with Crippen LogP contribution in [0.25, 0.3) is 65.1 Å². The number of para-hydroxylation sites is 1. The summed E-state index contributed by atoms with van der Waals surface area (Å²) in [5.41, 5.74) is 17.5. The van der Waals surface area contributed by atoms with Gasteiger partial charge < -0.3 is 19.5 Å². The minimum Gasteiger partial charge on any atom is -0.496 e. The van der Waals surface area contributed by atoms with E-state index < -0.39 is 17.8 Å². The predicted octanol–water partition coefficient (Wildman–Crippen LogP) is 12.2. The van der Waals surface area contributed by atoms with Gasteiger partial charge in [-0.25, -0.2) is 0 Å². The van der Waals surface area contributed by atoms with E-state index >= 15 is 0 Å². The normalized spacial score (nSPS) is 18.9. The van der Waals surface area contributed by atoms with Gasteiger partial charge in [0, 0.05) is 54.4 Å². The Morgan fingerprint density at radius 1 is 0.730 bits per heavy atom.